The third-order valence-electron chi connectivity index (χ3n) is 2.00. The van der Waals surface area contributed by atoms with Crippen LogP contribution in [0.5, 0.6) is 11.8 Å². The highest BCUT2D eigenvalue weighted by molar-refractivity contribution is 7.90. The zero-order valence-electron chi connectivity index (χ0n) is 9.54. The third-order valence-corrected chi connectivity index (χ3v) is 3.45. The highest BCUT2D eigenvalue weighted by Gasteiger charge is 2.10. The molecule has 0 radical (unpaired) electrons. The molecule has 0 spiro atoms. The van der Waals surface area contributed by atoms with Crippen LogP contribution >= 0.6 is 23.2 Å². The van der Waals surface area contributed by atoms with Crippen molar-refractivity contribution in [3.8, 4) is 11.8 Å². The number of halogens is 2. The Kier molecular flexibility index (Phi) is 3.88. The summed E-state index contributed by atoms with van der Waals surface area (Å²) in [4.78, 5) is 11.1. The number of sulfone groups is 1. The van der Waals surface area contributed by atoms with Gasteiger partial charge in [0.2, 0.25) is 10.6 Å². The average molecular weight is 320 g/mol. The van der Waals surface area contributed by atoms with Crippen molar-refractivity contribution in [3.63, 3.8) is 0 Å². The lowest BCUT2D eigenvalue weighted by atomic mass is 10.3. The van der Waals surface area contributed by atoms with E-state index >= 15 is 0 Å². The quantitative estimate of drug-likeness (QED) is 0.863. The standard InChI is InChI=1S/C10H7Cl2N3O3S/c1-19(16,17)7-4-2-3-6(5-7)18-10-14-8(11)13-9(12)15-10/h2-5H,1H3. The third kappa shape index (κ3) is 3.76. The van der Waals surface area contributed by atoms with E-state index in [0.29, 0.717) is 0 Å². The average Bonchev–Trinajstić information content (AvgIpc) is 2.26. The number of ether oxygens (including phenoxy) is 1. The van der Waals surface area contributed by atoms with Crippen LogP contribution < -0.4 is 4.74 Å². The van der Waals surface area contributed by atoms with Crippen molar-refractivity contribution in [3.05, 3.63) is 34.8 Å². The second kappa shape index (κ2) is 5.28. The van der Waals surface area contributed by atoms with E-state index in [4.69, 9.17) is 27.9 Å². The minimum Gasteiger partial charge on any atom is -0.424 e. The molecule has 19 heavy (non-hydrogen) atoms. The first-order valence-corrected chi connectivity index (χ1v) is 7.54. The Morgan fingerprint density at radius 2 is 1.74 bits per heavy atom. The van der Waals surface area contributed by atoms with Crippen LogP contribution in [0.4, 0.5) is 0 Å². The predicted molar refractivity (Wildman–Crippen MR) is 69.5 cm³/mol. The van der Waals surface area contributed by atoms with Crippen molar-refractivity contribution >= 4 is 33.0 Å². The molecule has 9 heteroatoms. The van der Waals surface area contributed by atoms with Crippen LogP contribution in [-0.2, 0) is 9.84 Å². The normalized spacial score (nSPS) is 11.3. The molecule has 0 unspecified atom stereocenters. The lowest BCUT2D eigenvalue weighted by Gasteiger charge is -2.05. The molecule has 0 bridgehead atoms. The van der Waals surface area contributed by atoms with Crippen LogP contribution in [0.25, 0.3) is 0 Å². The van der Waals surface area contributed by atoms with Crippen LogP contribution in [-0.4, -0.2) is 29.6 Å². The predicted octanol–water partition coefficient (Wildman–Crippen LogP) is 2.37. The van der Waals surface area contributed by atoms with Crippen molar-refractivity contribution in [1.82, 2.24) is 15.0 Å². The fourth-order valence-corrected chi connectivity index (χ4v) is 2.23. The van der Waals surface area contributed by atoms with E-state index in [9.17, 15) is 8.42 Å². The molecular formula is C10H7Cl2N3O3S. The van der Waals surface area contributed by atoms with Crippen LogP contribution in [0.2, 0.25) is 10.6 Å². The minimum atomic E-state index is -3.32. The first-order valence-electron chi connectivity index (χ1n) is 4.89. The van der Waals surface area contributed by atoms with Gasteiger partial charge < -0.3 is 4.74 Å². The molecule has 0 aliphatic rings. The van der Waals surface area contributed by atoms with Crippen molar-refractivity contribution in [2.75, 3.05) is 6.26 Å². The Morgan fingerprint density at radius 3 is 2.32 bits per heavy atom. The number of benzene rings is 1. The molecule has 1 heterocycles. The van der Waals surface area contributed by atoms with Gasteiger partial charge in [-0.2, -0.15) is 15.0 Å². The van der Waals surface area contributed by atoms with Crippen LogP contribution in [0.3, 0.4) is 0 Å². The molecule has 0 aliphatic heterocycles. The molecule has 1 aromatic carbocycles. The van der Waals surface area contributed by atoms with E-state index in [1.807, 2.05) is 0 Å². The first-order chi connectivity index (χ1) is 8.84. The first kappa shape index (κ1) is 14.0. The molecule has 0 aliphatic carbocycles. The maximum Gasteiger partial charge on any atom is 0.327 e. The lowest BCUT2D eigenvalue weighted by Crippen LogP contribution is -1.98. The zero-order valence-corrected chi connectivity index (χ0v) is 11.9. The van der Waals surface area contributed by atoms with Gasteiger partial charge in [-0.1, -0.05) is 6.07 Å². The van der Waals surface area contributed by atoms with Gasteiger partial charge in [-0.15, -0.1) is 0 Å². The molecule has 0 saturated carbocycles. The SMILES string of the molecule is CS(=O)(=O)c1cccc(Oc2nc(Cl)nc(Cl)n2)c1. The van der Waals surface area contributed by atoms with Gasteiger partial charge in [0.25, 0.3) is 0 Å². The molecule has 0 fully saturated rings. The van der Waals surface area contributed by atoms with Gasteiger partial charge in [-0.3, -0.25) is 0 Å². The Labute approximate surface area is 119 Å². The summed E-state index contributed by atoms with van der Waals surface area (Å²) in [6, 6.07) is 5.78. The zero-order chi connectivity index (χ0) is 14.0. The summed E-state index contributed by atoms with van der Waals surface area (Å²) in [7, 11) is -3.32. The molecule has 0 saturated heterocycles. The Balaban J connectivity index is 2.33. The van der Waals surface area contributed by atoms with Gasteiger partial charge in [0, 0.05) is 6.26 Å². The Morgan fingerprint density at radius 1 is 1.11 bits per heavy atom. The largest absolute Gasteiger partial charge is 0.424 e. The van der Waals surface area contributed by atoms with Crippen LogP contribution in [0, 0.1) is 0 Å². The number of aromatic nitrogens is 3. The fraction of sp³-hybridized carbons (Fsp3) is 0.100. The van der Waals surface area contributed by atoms with Crippen molar-refractivity contribution in [2.45, 2.75) is 4.90 Å². The van der Waals surface area contributed by atoms with Crippen LogP contribution in [0.15, 0.2) is 29.2 Å². The van der Waals surface area contributed by atoms with Gasteiger partial charge in [0.15, 0.2) is 9.84 Å². The van der Waals surface area contributed by atoms with E-state index in [-0.39, 0.29) is 27.2 Å². The number of hydrogen-bond acceptors (Lipinski definition) is 6. The number of hydrogen-bond donors (Lipinski definition) is 0. The fourth-order valence-electron chi connectivity index (χ4n) is 1.23. The summed E-state index contributed by atoms with van der Waals surface area (Å²) in [5.41, 5.74) is 0. The number of nitrogens with zero attached hydrogens (tertiary/aromatic N) is 3. The molecule has 0 N–H and O–H groups in total. The second-order valence-electron chi connectivity index (χ2n) is 3.51. The molecule has 0 amide bonds. The maximum atomic E-state index is 11.4. The van der Waals surface area contributed by atoms with Gasteiger partial charge in [0.1, 0.15) is 5.75 Å². The molecule has 6 nitrogen and oxygen atoms in total. The van der Waals surface area contributed by atoms with Crippen molar-refractivity contribution in [1.29, 1.82) is 0 Å². The Bertz CT molecular complexity index is 701. The van der Waals surface area contributed by atoms with E-state index < -0.39 is 9.84 Å². The van der Waals surface area contributed by atoms with E-state index in [1.54, 1.807) is 6.07 Å². The maximum absolute atomic E-state index is 11.4. The van der Waals surface area contributed by atoms with Gasteiger partial charge in [-0.05, 0) is 41.4 Å². The van der Waals surface area contributed by atoms with Gasteiger partial charge >= 0.3 is 6.01 Å². The summed E-state index contributed by atoms with van der Waals surface area (Å²) < 4.78 is 28.1. The summed E-state index contributed by atoms with van der Waals surface area (Å²) >= 11 is 11.2. The summed E-state index contributed by atoms with van der Waals surface area (Å²) in [6.45, 7) is 0. The minimum absolute atomic E-state index is 0.115. The van der Waals surface area contributed by atoms with E-state index in [1.165, 1.54) is 18.2 Å². The monoisotopic (exact) mass is 319 g/mol. The van der Waals surface area contributed by atoms with Crippen molar-refractivity contribution < 1.29 is 13.2 Å². The topological polar surface area (TPSA) is 82.0 Å². The highest BCUT2D eigenvalue weighted by atomic mass is 35.5. The molecular weight excluding hydrogens is 313 g/mol. The van der Waals surface area contributed by atoms with Gasteiger partial charge in [0.05, 0.1) is 4.90 Å². The van der Waals surface area contributed by atoms with E-state index in [0.717, 1.165) is 6.26 Å². The van der Waals surface area contributed by atoms with Crippen LogP contribution in [0.1, 0.15) is 0 Å². The second-order valence-corrected chi connectivity index (χ2v) is 6.20. The summed E-state index contributed by atoms with van der Waals surface area (Å²) in [5.74, 6) is 0.251. The molecule has 0 atom stereocenters. The molecule has 2 rings (SSSR count). The summed E-state index contributed by atoms with van der Waals surface area (Å²) in [6.07, 6.45) is 1.10. The van der Waals surface area contributed by atoms with Gasteiger partial charge in [-0.25, -0.2) is 8.42 Å². The molecule has 1 aromatic heterocycles. The Hall–Kier alpha value is -1.44. The van der Waals surface area contributed by atoms with E-state index in [2.05, 4.69) is 15.0 Å². The lowest BCUT2D eigenvalue weighted by molar-refractivity contribution is 0.438. The molecule has 100 valence electrons. The van der Waals surface area contributed by atoms with Crippen molar-refractivity contribution in [2.24, 2.45) is 0 Å². The summed E-state index contributed by atoms with van der Waals surface area (Å²) in [5, 5.41) is -0.233. The molecule has 2 aromatic rings. The number of rotatable bonds is 3. The highest BCUT2D eigenvalue weighted by Crippen LogP contribution is 2.22. The smallest absolute Gasteiger partial charge is 0.327 e.